The van der Waals surface area contributed by atoms with Crippen molar-refractivity contribution in [3.8, 4) is 0 Å². The molecule has 1 heterocycles. The summed E-state index contributed by atoms with van der Waals surface area (Å²) in [6.45, 7) is 6.78. The molecule has 1 aromatic heterocycles. The van der Waals surface area contributed by atoms with E-state index in [1.54, 1.807) is 0 Å². The molecule has 0 aliphatic carbocycles. The summed E-state index contributed by atoms with van der Waals surface area (Å²) in [5.74, 6) is 1.34. The average Bonchev–Trinajstić information content (AvgIpc) is 2.26. The number of furan rings is 1. The lowest BCUT2D eigenvalue weighted by molar-refractivity contribution is 0.502. The smallest absolute Gasteiger partial charge is 0.172 e. The molecular formula is C9H14BrNO. The van der Waals surface area contributed by atoms with Crippen molar-refractivity contribution in [3.63, 3.8) is 0 Å². The summed E-state index contributed by atoms with van der Waals surface area (Å²) >= 11 is 3.36. The van der Waals surface area contributed by atoms with Gasteiger partial charge in [0.25, 0.3) is 0 Å². The first-order chi connectivity index (χ1) is 5.57. The van der Waals surface area contributed by atoms with Gasteiger partial charge in [-0.1, -0.05) is 6.92 Å². The van der Waals surface area contributed by atoms with E-state index in [1.807, 2.05) is 13.8 Å². The van der Waals surface area contributed by atoms with Gasteiger partial charge in [-0.15, -0.1) is 0 Å². The maximum absolute atomic E-state index is 5.59. The molecular weight excluding hydrogens is 218 g/mol. The van der Waals surface area contributed by atoms with Crippen molar-refractivity contribution in [2.75, 3.05) is 6.54 Å². The molecule has 1 rings (SSSR count). The lowest BCUT2D eigenvalue weighted by Gasteiger charge is -2.07. The second kappa shape index (κ2) is 3.62. The van der Waals surface area contributed by atoms with Crippen molar-refractivity contribution in [1.82, 2.24) is 0 Å². The Kier molecular flexibility index (Phi) is 2.96. The third-order valence-corrected chi connectivity index (χ3v) is 2.92. The van der Waals surface area contributed by atoms with E-state index in [1.165, 1.54) is 11.1 Å². The van der Waals surface area contributed by atoms with Crippen LogP contribution < -0.4 is 5.73 Å². The number of hydrogen-bond donors (Lipinski definition) is 1. The van der Waals surface area contributed by atoms with Gasteiger partial charge >= 0.3 is 0 Å². The van der Waals surface area contributed by atoms with Crippen molar-refractivity contribution >= 4 is 15.9 Å². The molecule has 2 nitrogen and oxygen atoms in total. The molecule has 0 aromatic carbocycles. The van der Waals surface area contributed by atoms with Crippen LogP contribution in [0, 0.1) is 13.8 Å². The zero-order valence-corrected chi connectivity index (χ0v) is 9.23. The van der Waals surface area contributed by atoms with E-state index < -0.39 is 0 Å². The number of halogens is 1. The van der Waals surface area contributed by atoms with Gasteiger partial charge in [-0.3, -0.25) is 0 Å². The number of nitrogens with two attached hydrogens (primary N) is 1. The molecule has 1 unspecified atom stereocenters. The van der Waals surface area contributed by atoms with Crippen LogP contribution in [0.3, 0.4) is 0 Å². The minimum Gasteiger partial charge on any atom is -0.454 e. The van der Waals surface area contributed by atoms with Gasteiger partial charge in [0.2, 0.25) is 0 Å². The Morgan fingerprint density at radius 3 is 2.42 bits per heavy atom. The molecule has 2 N–H and O–H groups in total. The monoisotopic (exact) mass is 231 g/mol. The first-order valence-electron chi connectivity index (χ1n) is 4.03. The number of aryl methyl sites for hydroxylation is 1. The zero-order chi connectivity index (χ0) is 9.30. The van der Waals surface area contributed by atoms with E-state index in [4.69, 9.17) is 10.2 Å². The van der Waals surface area contributed by atoms with Gasteiger partial charge < -0.3 is 10.2 Å². The summed E-state index contributed by atoms with van der Waals surface area (Å²) in [6.07, 6.45) is 0. The molecule has 1 atom stereocenters. The Morgan fingerprint density at radius 1 is 1.50 bits per heavy atom. The molecule has 0 bridgehead atoms. The van der Waals surface area contributed by atoms with Crippen molar-refractivity contribution < 1.29 is 4.42 Å². The Morgan fingerprint density at radius 2 is 2.08 bits per heavy atom. The van der Waals surface area contributed by atoms with Crippen LogP contribution in [-0.4, -0.2) is 6.54 Å². The van der Waals surface area contributed by atoms with Crippen LogP contribution >= 0.6 is 15.9 Å². The topological polar surface area (TPSA) is 39.2 Å². The molecule has 0 radical (unpaired) electrons. The predicted octanol–water partition coefficient (Wildman–Crippen LogP) is 2.72. The van der Waals surface area contributed by atoms with E-state index in [2.05, 4.69) is 22.9 Å². The first-order valence-corrected chi connectivity index (χ1v) is 4.82. The van der Waals surface area contributed by atoms with Crippen LogP contribution in [0.1, 0.15) is 29.7 Å². The SMILES string of the molecule is Cc1oc(Br)c(C)c1C(C)CN. The van der Waals surface area contributed by atoms with E-state index in [-0.39, 0.29) is 0 Å². The minimum absolute atomic E-state index is 0.375. The van der Waals surface area contributed by atoms with Crippen LogP contribution in [0.5, 0.6) is 0 Å². The van der Waals surface area contributed by atoms with E-state index in [9.17, 15) is 0 Å². The average molecular weight is 232 g/mol. The predicted molar refractivity (Wildman–Crippen MR) is 53.4 cm³/mol. The highest BCUT2D eigenvalue weighted by Gasteiger charge is 2.16. The van der Waals surface area contributed by atoms with Crippen molar-refractivity contribution in [2.24, 2.45) is 5.73 Å². The summed E-state index contributed by atoms with van der Waals surface area (Å²) < 4.78 is 6.26. The fraction of sp³-hybridized carbons (Fsp3) is 0.556. The largest absolute Gasteiger partial charge is 0.454 e. The molecule has 0 aliphatic rings. The Balaban J connectivity index is 3.13. The maximum atomic E-state index is 5.59. The van der Waals surface area contributed by atoms with Crippen LogP contribution in [0.4, 0.5) is 0 Å². The van der Waals surface area contributed by atoms with Gasteiger partial charge in [-0.2, -0.15) is 0 Å². The van der Waals surface area contributed by atoms with Crippen molar-refractivity contribution in [2.45, 2.75) is 26.7 Å². The summed E-state index contributed by atoms with van der Waals surface area (Å²) in [5.41, 5.74) is 8.01. The highest BCUT2D eigenvalue weighted by atomic mass is 79.9. The Labute approximate surface area is 81.3 Å². The molecule has 1 aromatic rings. The Hall–Kier alpha value is -0.280. The van der Waals surface area contributed by atoms with Crippen LogP contribution in [-0.2, 0) is 0 Å². The quantitative estimate of drug-likeness (QED) is 0.851. The fourth-order valence-electron chi connectivity index (χ4n) is 1.47. The third kappa shape index (κ3) is 1.57. The van der Waals surface area contributed by atoms with Crippen molar-refractivity contribution in [1.29, 1.82) is 0 Å². The zero-order valence-electron chi connectivity index (χ0n) is 7.65. The van der Waals surface area contributed by atoms with E-state index in [0.717, 1.165) is 10.4 Å². The van der Waals surface area contributed by atoms with Gasteiger partial charge in [0, 0.05) is 11.1 Å². The van der Waals surface area contributed by atoms with Crippen LogP contribution in [0.2, 0.25) is 0 Å². The molecule has 0 aliphatic heterocycles. The summed E-state index contributed by atoms with van der Waals surface area (Å²) in [5, 5.41) is 0. The summed E-state index contributed by atoms with van der Waals surface area (Å²) in [7, 11) is 0. The highest BCUT2D eigenvalue weighted by Crippen LogP contribution is 2.31. The molecule has 68 valence electrons. The van der Waals surface area contributed by atoms with E-state index in [0.29, 0.717) is 12.5 Å². The van der Waals surface area contributed by atoms with Crippen LogP contribution in [0.25, 0.3) is 0 Å². The standard InChI is InChI=1S/C9H14BrNO/c1-5(4-11)8-6(2)9(10)12-7(8)3/h5H,4,11H2,1-3H3. The lowest BCUT2D eigenvalue weighted by Crippen LogP contribution is -2.09. The lowest BCUT2D eigenvalue weighted by atomic mass is 9.99. The first kappa shape index (κ1) is 9.81. The maximum Gasteiger partial charge on any atom is 0.172 e. The third-order valence-electron chi connectivity index (χ3n) is 2.17. The molecule has 0 fully saturated rings. The van der Waals surface area contributed by atoms with Gasteiger partial charge in [0.1, 0.15) is 5.76 Å². The second-order valence-electron chi connectivity index (χ2n) is 3.11. The summed E-state index contributed by atoms with van der Waals surface area (Å²) in [6, 6.07) is 0. The molecule has 0 amide bonds. The van der Waals surface area contributed by atoms with Gasteiger partial charge in [0.05, 0.1) is 0 Å². The van der Waals surface area contributed by atoms with E-state index >= 15 is 0 Å². The summed E-state index contributed by atoms with van der Waals surface area (Å²) in [4.78, 5) is 0. The van der Waals surface area contributed by atoms with Gasteiger partial charge in [-0.25, -0.2) is 0 Å². The van der Waals surface area contributed by atoms with Gasteiger partial charge in [-0.05, 0) is 42.2 Å². The minimum atomic E-state index is 0.375. The fourth-order valence-corrected chi connectivity index (χ4v) is 1.93. The second-order valence-corrected chi connectivity index (χ2v) is 3.83. The van der Waals surface area contributed by atoms with Crippen LogP contribution in [0.15, 0.2) is 9.09 Å². The Bertz CT molecular complexity index is 280. The number of hydrogen-bond acceptors (Lipinski definition) is 2. The molecule has 0 spiro atoms. The number of rotatable bonds is 2. The van der Waals surface area contributed by atoms with Gasteiger partial charge in [0.15, 0.2) is 4.67 Å². The molecule has 0 saturated heterocycles. The van der Waals surface area contributed by atoms with Crippen molar-refractivity contribution in [3.05, 3.63) is 21.6 Å². The highest BCUT2D eigenvalue weighted by molar-refractivity contribution is 9.10. The normalized spacial score (nSPS) is 13.4. The molecule has 12 heavy (non-hydrogen) atoms. The molecule has 0 saturated carbocycles. The molecule has 3 heteroatoms.